The Kier molecular flexibility index (Phi) is 5.79. The van der Waals surface area contributed by atoms with Crippen LogP contribution < -0.4 is 5.73 Å². The lowest BCUT2D eigenvalue weighted by Crippen LogP contribution is -1.91. The van der Waals surface area contributed by atoms with Crippen molar-refractivity contribution in [2.24, 2.45) is 5.73 Å². The van der Waals surface area contributed by atoms with Gasteiger partial charge >= 0.3 is 0 Å². The average molecular weight is 259 g/mol. The molecule has 0 aromatic heterocycles. The van der Waals surface area contributed by atoms with E-state index in [1.165, 1.54) is 21.9 Å². The predicted octanol–water partition coefficient (Wildman–Crippen LogP) is 4.84. The molecule has 0 atom stereocenters. The summed E-state index contributed by atoms with van der Waals surface area (Å²) in [5, 5.41) is 3.31. The topological polar surface area (TPSA) is 26.0 Å². The van der Waals surface area contributed by atoms with Crippen molar-refractivity contribution in [1.82, 2.24) is 0 Å². The Morgan fingerprint density at radius 3 is 2.33 bits per heavy atom. The Bertz CT molecular complexity index is 532. The highest BCUT2D eigenvalue weighted by atomic mass is 32.2. The SMILES string of the molecule is C=C(N)SCc1ccc(C)c2ccccc12.CC. The van der Waals surface area contributed by atoms with Crippen LogP contribution in [0.15, 0.2) is 48.0 Å². The van der Waals surface area contributed by atoms with Gasteiger partial charge in [0.05, 0.1) is 5.03 Å². The Hall–Kier alpha value is -1.41. The first-order valence-electron chi connectivity index (χ1n) is 6.23. The second-order valence-electron chi connectivity index (χ2n) is 3.84. The molecular weight excluding hydrogens is 238 g/mol. The van der Waals surface area contributed by atoms with Crippen LogP contribution in [0.3, 0.4) is 0 Å². The molecule has 18 heavy (non-hydrogen) atoms. The van der Waals surface area contributed by atoms with Gasteiger partial charge in [-0.25, -0.2) is 0 Å². The van der Waals surface area contributed by atoms with E-state index < -0.39 is 0 Å². The summed E-state index contributed by atoms with van der Waals surface area (Å²) >= 11 is 1.59. The molecular formula is C16H21NS. The Morgan fingerprint density at radius 2 is 1.72 bits per heavy atom. The summed E-state index contributed by atoms with van der Waals surface area (Å²) in [4.78, 5) is 0. The smallest absolute Gasteiger partial charge is 0.0585 e. The minimum absolute atomic E-state index is 0.671. The summed E-state index contributed by atoms with van der Waals surface area (Å²) in [5.41, 5.74) is 8.22. The molecule has 0 spiro atoms. The van der Waals surface area contributed by atoms with Gasteiger partial charge in [-0.15, -0.1) is 11.8 Å². The van der Waals surface area contributed by atoms with Crippen molar-refractivity contribution in [3.63, 3.8) is 0 Å². The quantitative estimate of drug-likeness (QED) is 0.853. The molecule has 0 bridgehead atoms. The number of rotatable bonds is 3. The fraction of sp³-hybridized carbons (Fsp3) is 0.250. The molecule has 0 radical (unpaired) electrons. The lowest BCUT2D eigenvalue weighted by molar-refractivity contribution is 1.42. The van der Waals surface area contributed by atoms with E-state index in [0.717, 1.165) is 5.75 Å². The van der Waals surface area contributed by atoms with Gasteiger partial charge in [0.15, 0.2) is 0 Å². The Morgan fingerprint density at radius 1 is 1.11 bits per heavy atom. The maximum Gasteiger partial charge on any atom is 0.0585 e. The van der Waals surface area contributed by atoms with Crippen molar-refractivity contribution in [2.45, 2.75) is 26.5 Å². The van der Waals surface area contributed by atoms with Crippen molar-refractivity contribution in [3.05, 3.63) is 59.1 Å². The molecule has 0 heterocycles. The minimum Gasteiger partial charge on any atom is -0.394 e. The molecule has 0 aliphatic heterocycles. The highest BCUT2D eigenvalue weighted by Crippen LogP contribution is 2.26. The lowest BCUT2D eigenvalue weighted by atomic mass is 10.0. The largest absolute Gasteiger partial charge is 0.394 e. The zero-order valence-electron chi connectivity index (χ0n) is 11.4. The second-order valence-corrected chi connectivity index (χ2v) is 4.94. The van der Waals surface area contributed by atoms with Gasteiger partial charge in [0.2, 0.25) is 0 Å². The van der Waals surface area contributed by atoms with Gasteiger partial charge in [-0.2, -0.15) is 0 Å². The highest BCUT2D eigenvalue weighted by Gasteiger charge is 2.03. The first-order chi connectivity index (χ1) is 8.68. The van der Waals surface area contributed by atoms with Gasteiger partial charge in [-0.05, 0) is 28.8 Å². The van der Waals surface area contributed by atoms with E-state index in [9.17, 15) is 0 Å². The molecule has 1 nitrogen and oxygen atoms in total. The summed E-state index contributed by atoms with van der Waals surface area (Å²) in [6.45, 7) is 9.85. The third kappa shape index (κ3) is 3.54. The number of hydrogen-bond acceptors (Lipinski definition) is 2. The lowest BCUT2D eigenvalue weighted by Gasteiger charge is -2.08. The third-order valence-electron chi connectivity index (χ3n) is 2.65. The maximum absolute atomic E-state index is 5.58. The molecule has 0 fully saturated rings. The Balaban J connectivity index is 0.000000771. The van der Waals surface area contributed by atoms with E-state index in [2.05, 4.69) is 49.9 Å². The summed E-state index contributed by atoms with van der Waals surface area (Å²) in [7, 11) is 0. The third-order valence-corrected chi connectivity index (χ3v) is 3.47. The van der Waals surface area contributed by atoms with Crippen LogP contribution in [-0.4, -0.2) is 0 Å². The van der Waals surface area contributed by atoms with Crippen LogP contribution in [0.25, 0.3) is 10.8 Å². The molecule has 96 valence electrons. The molecule has 2 aromatic rings. The number of thioether (sulfide) groups is 1. The highest BCUT2D eigenvalue weighted by molar-refractivity contribution is 8.02. The van der Waals surface area contributed by atoms with E-state index in [0.29, 0.717) is 5.03 Å². The number of hydrogen-bond donors (Lipinski definition) is 1. The van der Waals surface area contributed by atoms with E-state index in [1.54, 1.807) is 11.8 Å². The molecule has 0 unspecified atom stereocenters. The van der Waals surface area contributed by atoms with Gasteiger partial charge in [0.1, 0.15) is 0 Å². The monoisotopic (exact) mass is 259 g/mol. The van der Waals surface area contributed by atoms with Crippen LogP contribution in [0.2, 0.25) is 0 Å². The van der Waals surface area contributed by atoms with Crippen LogP contribution in [-0.2, 0) is 5.75 Å². The number of fused-ring (bicyclic) bond motifs is 1. The van der Waals surface area contributed by atoms with Crippen molar-refractivity contribution in [1.29, 1.82) is 0 Å². The van der Waals surface area contributed by atoms with Crippen molar-refractivity contribution < 1.29 is 0 Å². The molecule has 0 aliphatic carbocycles. The average Bonchev–Trinajstić information content (AvgIpc) is 2.40. The number of aryl methyl sites for hydroxylation is 1. The zero-order valence-corrected chi connectivity index (χ0v) is 12.2. The molecule has 2 heteroatoms. The van der Waals surface area contributed by atoms with E-state index >= 15 is 0 Å². The van der Waals surface area contributed by atoms with E-state index in [-0.39, 0.29) is 0 Å². The molecule has 0 saturated heterocycles. The van der Waals surface area contributed by atoms with Gasteiger partial charge in [0, 0.05) is 5.75 Å². The van der Waals surface area contributed by atoms with Gasteiger partial charge < -0.3 is 5.73 Å². The normalized spacial score (nSPS) is 9.72. The van der Waals surface area contributed by atoms with Crippen LogP contribution in [0.1, 0.15) is 25.0 Å². The van der Waals surface area contributed by atoms with E-state index in [1.807, 2.05) is 13.8 Å². The fourth-order valence-corrected chi connectivity index (χ4v) is 2.40. The molecule has 0 aliphatic rings. The summed E-state index contributed by atoms with van der Waals surface area (Å²) in [6.07, 6.45) is 0. The first kappa shape index (κ1) is 14.7. The molecule has 2 N–H and O–H groups in total. The van der Waals surface area contributed by atoms with Crippen molar-refractivity contribution in [3.8, 4) is 0 Å². The van der Waals surface area contributed by atoms with Crippen LogP contribution in [0, 0.1) is 6.92 Å². The molecule has 2 aromatic carbocycles. The standard InChI is InChI=1S/C14H15NS.C2H6/c1-10-7-8-12(9-16-11(2)15)14-6-4-3-5-13(10)14;1-2/h3-8H,2,9,15H2,1H3;1-2H3. The first-order valence-corrected chi connectivity index (χ1v) is 7.21. The maximum atomic E-state index is 5.58. The van der Waals surface area contributed by atoms with Gasteiger partial charge in [0.25, 0.3) is 0 Å². The van der Waals surface area contributed by atoms with E-state index in [4.69, 9.17) is 5.73 Å². The van der Waals surface area contributed by atoms with Gasteiger partial charge in [-0.1, -0.05) is 56.8 Å². The molecule has 0 amide bonds. The molecule has 2 rings (SSSR count). The fourth-order valence-electron chi connectivity index (χ4n) is 1.81. The Labute approximate surface area is 114 Å². The zero-order chi connectivity index (χ0) is 13.5. The van der Waals surface area contributed by atoms with Gasteiger partial charge in [-0.3, -0.25) is 0 Å². The summed E-state index contributed by atoms with van der Waals surface area (Å²) in [5.74, 6) is 0.885. The van der Waals surface area contributed by atoms with Crippen LogP contribution >= 0.6 is 11.8 Å². The number of nitrogens with two attached hydrogens (primary N) is 1. The van der Waals surface area contributed by atoms with Crippen molar-refractivity contribution in [2.75, 3.05) is 0 Å². The van der Waals surface area contributed by atoms with Crippen LogP contribution in [0.4, 0.5) is 0 Å². The number of benzene rings is 2. The van der Waals surface area contributed by atoms with Crippen LogP contribution in [0.5, 0.6) is 0 Å². The minimum atomic E-state index is 0.671. The van der Waals surface area contributed by atoms with Crippen molar-refractivity contribution >= 4 is 22.5 Å². The predicted molar refractivity (Wildman–Crippen MR) is 84.7 cm³/mol. The molecule has 0 saturated carbocycles. The summed E-state index contributed by atoms with van der Waals surface area (Å²) < 4.78 is 0. The second kappa shape index (κ2) is 7.12. The summed E-state index contributed by atoms with van der Waals surface area (Å²) in [6, 6.07) is 12.8.